The van der Waals surface area contributed by atoms with Crippen LogP contribution < -0.4 is 29.6 Å². The van der Waals surface area contributed by atoms with Crippen molar-refractivity contribution in [3.05, 3.63) is 53.9 Å². The summed E-state index contributed by atoms with van der Waals surface area (Å²) in [5.74, 6) is -3.30. The number of methoxy groups -OCH3 is 1. The molecule has 3 N–H and O–H groups in total. The van der Waals surface area contributed by atoms with Crippen molar-refractivity contribution in [3.8, 4) is 17.4 Å². The van der Waals surface area contributed by atoms with Crippen molar-refractivity contribution in [2.24, 2.45) is 13.0 Å². The summed E-state index contributed by atoms with van der Waals surface area (Å²) in [4.78, 5) is 62.1. The third kappa shape index (κ3) is 8.88. The first-order chi connectivity index (χ1) is 28.3. The highest BCUT2D eigenvalue weighted by Crippen LogP contribution is 2.48. The Kier molecular flexibility index (Phi) is 11.6. The minimum Gasteiger partial charge on any atom is -0.496 e. The number of sulfonamides is 1. The van der Waals surface area contributed by atoms with Gasteiger partial charge >= 0.3 is 6.18 Å². The second-order valence-corrected chi connectivity index (χ2v) is 18.5. The molecule has 1 unspecified atom stereocenters. The molecule has 4 heterocycles. The molecule has 0 radical (unpaired) electrons. The van der Waals surface area contributed by atoms with Crippen LogP contribution in [0.2, 0.25) is 0 Å². The Morgan fingerprint density at radius 1 is 1.10 bits per heavy atom. The lowest BCUT2D eigenvalue weighted by atomic mass is 10.0. The molecule has 4 amide bonds. The first-order valence-electron chi connectivity index (χ1n) is 19.8. The Labute approximate surface area is 344 Å². The molecular weight excluding hydrogens is 812 g/mol. The summed E-state index contributed by atoms with van der Waals surface area (Å²) in [6.07, 6.45) is 3.18. The van der Waals surface area contributed by atoms with Gasteiger partial charge in [0, 0.05) is 42.6 Å². The number of halogens is 3. The van der Waals surface area contributed by atoms with Crippen molar-refractivity contribution < 1.29 is 55.0 Å². The van der Waals surface area contributed by atoms with Gasteiger partial charge in [0.25, 0.3) is 11.8 Å². The summed E-state index contributed by atoms with van der Waals surface area (Å²) in [6.45, 7) is 1.38. The van der Waals surface area contributed by atoms with Crippen LogP contribution in [0.25, 0.3) is 10.9 Å². The Bertz CT molecular complexity index is 2330. The van der Waals surface area contributed by atoms with Crippen molar-refractivity contribution in [2.45, 2.75) is 106 Å². The van der Waals surface area contributed by atoms with Gasteiger partial charge in [0.15, 0.2) is 6.61 Å². The molecule has 0 spiro atoms. The second kappa shape index (κ2) is 16.2. The lowest BCUT2D eigenvalue weighted by Gasteiger charge is -2.30. The monoisotopic (exact) mass is 859 g/mol. The summed E-state index contributed by atoms with van der Waals surface area (Å²) in [7, 11) is -0.998. The minimum atomic E-state index is -4.67. The number of nitrogens with one attached hydrogen (secondary N) is 3. The number of hydrogen-bond donors (Lipinski definition) is 3. The Morgan fingerprint density at radius 3 is 2.55 bits per heavy atom. The number of allylic oxidation sites excluding steroid dienone is 1. The summed E-state index contributed by atoms with van der Waals surface area (Å²) in [6, 6.07) is 3.56. The van der Waals surface area contributed by atoms with Crippen molar-refractivity contribution in [1.29, 1.82) is 0 Å². The molecule has 5 atom stereocenters. The number of carbonyl (C=O) groups excluding carboxylic acids is 4. The summed E-state index contributed by atoms with van der Waals surface area (Å²) < 4.78 is 85.6. The molecule has 2 aliphatic carbocycles. The van der Waals surface area contributed by atoms with E-state index >= 15 is 0 Å². The van der Waals surface area contributed by atoms with Crippen LogP contribution in [0.1, 0.15) is 80.8 Å². The van der Waals surface area contributed by atoms with E-state index in [2.05, 4.69) is 25.4 Å². The predicted molar refractivity (Wildman–Crippen MR) is 209 cm³/mol. The molecule has 2 aromatic heterocycles. The number of ether oxygens (including phenoxy) is 3. The molecule has 60 heavy (non-hydrogen) atoms. The van der Waals surface area contributed by atoms with Crippen LogP contribution in [0.4, 0.5) is 13.2 Å². The number of pyridine rings is 1. The number of fused-ring (bicyclic) bond motifs is 3. The van der Waals surface area contributed by atoms with Crippen LogP contribution in [0.15, 0.2) is 42.6 Å². The molecule has 16 nitrogen and oxygen atoms in total. The average molecular weight is 860 g/mol. The largest absolute Gasteiger partial charge is 0.496 e. The number of aromatic nitrogens is 3. The Balaban J connectivity index is 1.23. The zero-order chi connectivity index (χ0) is 43.2. The molecule has 2 saturated carbocycles. The summed E-state index contributed by atoms with van der Waals surface area (Å²) in [5.41, 5.74) is -0.828. The van der Waals surface area contributed by atoms with Gasteiger partial charge < -0.3 is 29.7 Å². The van der Waals surface area contributed by atoms with Crippen LogP contribution in [0, 0.1) is 12.8 Å². The number of benzene rings is 1. The van der Waals surface area contributed by atoms with Gasteiger partial charge in [0.05, 0.1) is 23.9 Å². The Hall–Kier alpha value is -5.40. The van der Waals surface area contributed by atoms with Crippen molar-refractivity contribution in [2.75, 3.05) is 20.3 Å². The minimum absolute atomic E-state index is 0.0607. The number of nitrogens with zero attached hydrogens (tertiary/aromatic N) is 4. The molecule has 4 aliphatic rings. The van der Waals surface area contributed by atoms with Crippen molar-refractivity contribution >= 4 is 44.6 Å². The molecule has 3 fully saturated rings. The average Bonchev–Trinajstić information content (AvgIpc) is 3.99. The number of rotatable bonds is 10. The SMILES string of the molecule is COc1ccc2c(O[C@@H]3C[C@H]4C(=O)N[C@]5(C(=O)NS(=O)(=O)C6(C)CC6)CC5/C=C\CCCCC[C@H](NC(=O)c5ccn(C)n5)C(=O)N4C3)cc(OCC(F)(F)F)nc2c1C. The lowest BCUT2D eigenvalue weighted by molar-refractivity contribution is -0.154. The van der Waals surface area contributed by atoms with Gasteiger partial charge in [-0.1, -0.05) is 25.0 Å². The molecule has 1 saturated heterocycles. The molecule has 0 bridgehead atoms. The maximum atomic E-state index is 14.7. The molecule has 2 aliphatic heterocycles. The topological polar surface area (TPSA) is 200 Å². The van der Waals surface area contributed by atoms with E-state index < -0.39 is 80.8 Å². The number of alkyl halides is 3. The maximum absolute atomic E-state index is 14.7. The number of carbonyl (C=O) groups is 4. The Morgan fingerprint density at radius 2 is 1.87 bits per heavy atom. The number of hydrogen-bond acceptors (Lipinski definition) is 11. The fraction of sp³-hybridized carbons (Fsp3) is 0.550. The van der Waals surface area contributed by atoms with Crippen molar-refractivity contribution in [3.63, 3.8) is 0 Å². The van der Waals surface area contributed by atoms with E-state index in [9.17, 15) is 40.8 Å². The number of aryl methyl sites for hydroxylation is 2. The van der Waals surface area contributed by atoms with E-state index in [0.29, 0.717) is 48.8 Å². The van der Waals surface area contributed by atoms with Gasteiger partial charge in [-0.05, 0) is 70.6 Å². The fourth-order valence-corrected chi connectivity index (χ4v) is 9.11. The van der Waals surface area contributed by atoms with E-state index in [0.717, 1.165) is 6.42 Å². The van der Waals surface area contributed by atoms with Crippen LogP contribution in [-0.2, 0) is 31.5 Å². The van der Waals surface area contributed by atoms with Crippen LogP contribution in [0.3, 0.4) is 0 Å². The van der Waals surface area contributed by atoms with Crippen LogP contribution in [-0.4, -0.2) is 107 Å². The molecule has 3 aromatic rings. The van der Waals surface area contributed by atoms with Gasteiger partial charge in [-0.2, -0.15) is 18.3 Å². The highest BCUT2D eigenvalue weighted by Gasteiger charge is 2.63. The van der Waals surface area contributed by atoms with E-state index in [4.69, 9.17) is 14.2 Å². The molecule has 20 heteroatoms. The van der Waals surface area contributed by atoms with Gasteiger partial charge in [-0.3, -0.25) is 28.6 Å². The van der Waals surface area contributed by atoms with Gasteiger partial charge in [0.1, 0.15) is 40.9 Å². The molecule has 1 aromatic carbocycles. The molecular formula is C40H48F3N7O9S. The summed E-state index contributed by atoms with van der Waals surface area (Å²) >= 11 is 0. The molecule has 7 rings (SSSR count). The number of amides is 4. The van der Waals surface area contributed by atoms with E-state index in [1.165, 1.54) is 28.8 Å². The standard InChI is InChI=1S/C40H48F3N7O9S/c1-23-30(57-4)13-12-26-31(19-32(45-33(23)26)58-22-40(41,42)43)59-25-18-29-35(52)46-39(37(54)48-60(55,56)38(2)15-16-38)20-24(39)10-8-6-5-7-9-11-28(36(53)50(29)21-25)44-34(51)27-14-17-49(3)47-27/h8,10,12-14,17,19,24-25,28-29H,5-7,9,11,15-16,18,20-22H2,1-4H3,(H,44,51)(H,46,52)(H,48,54)/b10-8-/t24?,25-,28+,29+,39-/m1/s1. The zero-order valence-corrected chi connectivity index (χ0v) is 34.5. The van der Waals surface area contributed by atoms with Gasteiger partial charge in [0.2, 0.25) is 27.7 Å². The van der Waals surface area contributed by atoms with Crippen molar-refractivity contribution in [1.82, 2.24) is 35.0 Å². The first-order valence-corrected chi connectivity index (χ1v) is 21.3. The van der Waals surface area contributed by atoms with E-state index in [1.807, 2.05) is 6.08 Å². The van der Waals surface area contributed by atoms with Crippen LogP contribution >= 0.6 is 0 Å². The maximum Gasteiger partial charge on any atom is 0.422 e. The second-order valence-electron chi connectivity index (χ2n) is 16.3. The predicted octanol–water partition coefficient (Wildman–Crippen LogP) is 3.77. The van der Waals surface area contributed by atoms with Crippen LogP contribution in [0.5, 0.6) is 17.4 Å². The lowest BCUT2D eigenvalue weighted by Crippen LogP contribution is -2.58. The smallest absolute Gasteiger partial charge is 0.422 e. The highest BCUT2D eigenvalue weighted by atomic mass is 32.2. The fourth-order valence-electron chi connectivity index (χ4n) is 7.80. The third-order valence-electron chi connectivity index (χ3n) is 11.7. The first kappa shape index (κ1) is 42.7. The highest BCUT2D eigenvalue weighted by molar-refractivity contribution is 7.91. The van der Waals surface area contributed by atoms with Gasteiger partial charge in [-0.15, -0.1) is 0 Å². The normalized spacial score (nSPS) is 26.1. The van der Waals surface area contributed by atoms with Gasteiger partial charge in [-0.25, -0.2) is 13.4 Å². The summed E-state index contributed by atoms with van der Waals surface area (Å²) in [5, 5.41) is 10.2. The third-order valence-corrected chi connectivity index (χ3v) is 13.9. The van der Waals surface area contributed by atoms with E-state index in [-0.39, 0.29) is 48.6 Å². The van der Waals surface area contributed by atoms with E-state index in [1.54, 1.807) is 45.3 Å². The molecule has 324 valence electrons. The quantitative estimate of drug-likeness (QED) is 0.251. The zero-order valence-electron chi connectivity index (χ0n) is 33.6.